The highest BCUT2D eigenvalue weighted by Gasteiger charge is 2.23. The molecule has 0 aromatic rings. The molecule has 0 fully saturated rings. The summed E-state index contributed by atoms with van der Waals surface area (Å²) in [6.07, 6.45) is 4.12. The number of nitrogens with zero attached hydrogens (tertiary/aromatic N) is 1. The average molecular weight is 370 g/mol. The summed E-state index contributed by atoms with van der Waals surface area (Å²) in [4.78, 5) is 43.4. The summed E-state index contributed by atoms with van der Waals surface area (Å²) >= 11 is 0. The Morgan fingerprint density at radius 3 is 2.15 bits per heavy atom. The van der Waals surface area contributed by atoms with Crippen LogP contribution in [-0.2, 0) is 23.9 Å². The molecule has 0 radical (unpaired) electrons. The van der Waals surface area contributed by atoms with Gasteiger partial charge in [-0.25, -0.2) is 0 Å². The van der Waals surface area contributed by atoms with Crippen molar-refractivity contribution in [2.24, 2.45) is 11.7 Å². The molecule has 0 aromatic heterocycles. The van der Waals surface area contributed by atoms with Gasteiger partial charge in [0, 0.05) is 38.1 Å². The number of primary amides is 1. The highest BCUT2D eigenvalue weighted by Crippen LogP contribution is 2.17. The Labute approximate surface area is 154 Å². The Hall–Kier alpha value is -2.22. The van der Waals surface area contributed by atoms with Gasteiger partial charge in [-0.3, -0.25) is 24.1 Å². The Kier molecular flexibility index (Phi) is 10.4. The fraction of sp³-hybridized carbons (Fsp3) is 0.667. The number of imide groups is 1. The minimum atomic E-state index is -0.759. The topological polar surface area (TPSA) is 127 Å². The van der Waals surface area contributed by atoms with Crippen LogP contribution in [0.3, 0.4) is 0 Å². The predicted octanol–water partition coefficient (Wildman–Crippen LogP) is 1.48. The summed E-state index contributed by atoms with van der Waals surface area (Å²) in [5.74, 6) is -1.43. The van der Waals surface area contributed by atoms with Crippen molar-refractivity contribution in [1.29, 1.82) is 0 Å². The highest BCUT2D eigenvalue weighted by atomic mass is 16.5. The molecule has 1 rings (SSSR count). The Morgan fingerprint density at radius 2 is 1.73 bits per heavy atom. The number of carboxylic acids is 1. The summed E-state index contributed by atoms with van der Waals surface area (Å²) in [5.41, 5.74) is 4.54. The minimum Gasteiger partial charge on any atom is -0.481 e. The summed E-state index contributed by atoms with van der Waals surface area (Å²) < 4.78 is 5.63. The lowest BCUT2D eigenvalue weighted by atomic mass is 10.0. The summed E-state index contributed by atoms with van der Waals surface area (Å²) in [5, 5.41) is 8.53. The number of hydrogen-bond acceptors (Lipinski definition) is 5. The summed E-state index contributed by atoms with van der Waals surface area (Å²) in [6.45, 7) is 8.96. The molecule has 0 atom stereocenters. The zero-order chi connectivity index (χ0) is 20.3. The highest BCUT2D eigenvalue weighted by molar-refractivity contribution is 6.13. The van der Waals surface area contributed by atoms with Crippen molar-refractivity contribution in [3.63, 3.8) is 0 Å². The van der Waals surface area contributed by atoms with Crippen molar-refractivity contribution < 1.29 is 29.0 Å². The van der Waals surface area contributed by atoms with Gasteiger partial charge >= 0.3 is 5.97 Å². The van der Waals surface area contributed by atoms with Gasteiger partial charge in [0.15, 0.2) is 0 Å². The van der Waals surface area contributed by atoms with Gasteiger partial charge in [0.25, 0.3) is 11.8 Å². The molecule has 0 aliphatic carbocycles. The van der Waals surface area contributed by atoms with Crippen LogP contribution >= 0.6 is 0 Å². The number of rotatable bonds is 10. The van der Waals surface area contributed by atoms with E-state index in [-0.39, 0.29) is 36.8 Å². The number of amides is 3. The first-order valence-corrected chi connectivity index (χ1v) is 8.62. The molecule has 26 heavy (non-hydrogen) atoms. The third-order valence-electron chi connectivity index (χ3n) is 3.61. The first kappa shape index (κ1) is 23.8. The van der Waals surface area contributed by atoms with Crippen LogP contribution in [0.25, 0.3) is 0 Å². The third-order valence-corrected chi connectivity index (χ3v) is 3.61. The van der Waals surface area contributed by atoms with Crippen LogP contribution in [0.4, 0.5) is 0 Å². The van der Waals surface area contributed by atoms with Gasteiger partial charge in [-0.1, -0.05) is 13.8 Å². The number of carbonyl (C=O) groups is 4. The van der Waals surface area contributed by atoms with Gasteiger partial charge in [-0.2, -0.15) is 0 Å². The van der Waals surface area contributed by atoms with Crippen LogP contribution in [0.2, 0.25) is 0 Å². The molecule has 1 aliphatic rings. The van der Waals surface area contributed by atoms with Crippen molar-refractivity contribution in [1.82, 2.24) is 4.90 Å². The predicted molar refractivity (Wildman–Crippen MR) is 96.0 cm³/mol. The van der Waals surface area contributed by atoms with Crippen LogP contribution in [0.5, 0.6) is 0 Å². The molecule has 8 heteroatoms. The number of carbonyl (C=O) groups excluding carboxylic acids is 3. The van der Waals surface area contributed by atoms with E-state index in [1.807, 2.05) is 13.8 Å². The number of nitrogens with two attached hydrogens (primary N) is 1. The first-order chi connectivity index (χ1) is 11.9. The van der Waals surface area contributed by atoms with Crippen molar-refractivity contribution in [2.45, 2.75) is 59.0 Å². The largest absolute Gasteiger partial charge is 0.481 e. The smallest absolute Gasteiger partial charge is 0.303 e. The van der Waals surface area contributed by atoms with E-state index in [9.17, 15) is 19.2 Å². The van der Waals surface area contributed by atoms with Gasteiger partial charge in [-0.05, 0) is 32.6 Å². The van der Waals surface area contributed by atoms with E-state index >= 15 is 0 Å². The first-order valence-electron chi connectivity index (χ1n) is 8.62. The van der Waals surface area contributed by atoms with E-state index in [4.69, 9.17) is 15.6 Å². The van der Waals surface area contributed by atoms with Crippen molar-refractivity contribution in [3.05, 3.63) is 12.2 Å². The molecule has 8 nitrogen and oxygen atoms in total. The molecule has 0 bridgehead atoms. The second kappa shape index (κ2) is 11.4. The number of hydrogen-bond donors (Lipinski definition) is 2. The number of aliphatic carboxylic acids is 1. The lowest BCUT2D eigenvalue weighted by Crippen LogP contribution is -2.33. The normalized spacial score (nSPS) is 13.8. The molecular weight excluding hydrogens is 340 g/mol. The molecule has 0 saturated heterocycles. The average Bonchev–Trinajstić information content (AvgIpc) is 2.82. The Morgan fingerprint density at radius 1 is 1.19 bits per heavy atom. The van der Waals surface area contributed by atoms with E-state index in [2.05, 4.69) is 13.8 Å². The molecule has 1 aliphatic heterocycles. The molecule has 3 amide bonds. The third kappa shape index (κ3) is 11.4. The molecule has 0 unspecified atom stereocenters. The van der Waals surface area contributed by atoms with Crippen LogP contribution in [-0.4, -0.2) is 52.4 Å². The molecule has 0 spiro atoms. The maximum absolute atomic E-state index is 10.9. The standard InChI is InChI=1S/C11H22O3.C7H8N2O3/c1-9(2)6-8-14-11(3,4)7-5-10(12)13;8-5(10)3-4-9-6(11)1-2-7(9)12/h9H,5-8H2,1-4H3,(H,12,13);1-2H,3-4H2,(H2,8,10). The SMILES string of the molecule is CC(C)CCOC(C)(C)CCC(=O)O.NC(=O)CCN1C(=O)C=CC1=O. The van der Waals surface area contributed by atoms with Gasteiger partial charge in [0.1, 0.15) is 0 Å². The van der Waals surface area contributed by atoms with Gasteiger partial charge in [0.2, 0.25) is 5.91 Å². The molecule has 0 aromatic carbocycles. The lowest BCUT2D eigenvalue weighted by molar-refractivity contribution is -0.139. The van der Waals surface area contributed by atoms with Crippen molar-refractivity contribution in [3.8, 4) is 0 Å². The molecule has 148 valence electrons. The van der Waals surface area contributed by atoms with Crippen LogP contribution in [0.1, 0.15) is 53.4 Å². The van der Waals surface area contributed by atoms with E-state index in [0.29, 0.717) is 18.9 Å². The van der Waals surface area contributed by atoms with Crippen molar-refractivity contribution in [2.75, 3.05) is 13.2 Å². The second-order valence-corrected chi connectivity index (χ2v) is 7.06. The molecule has 3 N–H and O–H groups in total. The zero-order valence-electron chi connectivity index (χ0n) is 16.0. The van der Waals surface area contributed by atoms with E-state index in [0.717, 1.165) is 11.3 Å². The monoisotopic (exact) mass is 370 g/mol. The van der Waals surface area contributed by atoms with Crippen LogP contribution in [0.15, 0.2) is 12.2 Å². The van der Waals surface area contributed by atoms with Crippen LogP contribution < -0.4 is 5.73 Å². The van der Waals surface area contributed by atoms with E-state index in [1.54, 1.807) is 0 Å². The summed E-state index contributed by atoms with van der Waals surface area (Å²) in [6, 6.07) is 0. The fourth-order valence-corrected chi connectivity index (χ4v) is 1.92. The molecule has 0 saturated carbocycles. The molecular formula is C18H30N2O6. The van der Waals surface area contributed by atoms with E-state index in [1.165, 1.54) is 12.2 Å². The van der Waals surface area contributed by atoms with E-state index < -0.39 is 11.9 Å². The Bertz CT molecular complexity index is 522. The minimum absolute atomic E-state index is 0.0131. The fourth-order valence-electron chi connectivity index (χ4n) is 1.92. The quantitative estimate of drug-likeness (QED) is 0.561. The second-order valence-electron chi connectivity index (χ2n) is 7.06. The number of carboxylic acid groups (broad SMARTS) is 1. The molecule has 1 heterocycles. The summed E-state index contributed by atoms with van der Waals surface area (Å²) in [7, 11) is 0. The van der Waals surface area contributed by atoms with Gasteiger partial charge in [0.05, 0.1) is 5.60 Å². The van der Waals surface area contributed by atoms with Gasteiger partial charge in [-0.15, -0.1) is 0 Å². The van der Waals surface area contributed by atoms with Crippen LogP contribution in [0, 0.1) is 5.92 Å². The number of ether oxygens (including phenoxy) is 1. The Balaban J connectivity index is 0.000000485. The van der Waals surface area contributed by atoms with Crippen molar-refractivity contribution >= 4 is 23.7 Å². The lowest BCUT2D eigenvalue weighted by Gasteiger charge is -2.25. The maximum Gasteiger partial charge on any atom is 0.303 e. The maximum atomic E-state index is 10.9. The van der Waals surface area contributed by atoms with Gasteiger partial charge < -0.3 is 15.6 Å². The zero-order valence-corrected chi connectivity index (χ0v) is 16.0.